The molecule has 0 saturated carbocycles. The number of methoxy groups -OCH3 is 1. The molecule has 1 aliphatic heterocycles. The second kappa shape index (κ2) is 7.33. The maximum Gasteiger partial charge on any atom is 0.241 e. The van der Waals surface area contributed by atoms with Gasteiger partial charge in [-0.2, -0.15) is 0 Å². The molecule has 0 aromatic heterocycles. The van der Waals surface area contributed by atoms with E-state index < -0.39 is 20.5 Å². The zero-order valence-corrected chi connectivity index (χ0v) is 16.2. The van der Waals surface area contributed by atoms with Crippen molar-refractivity contribution in [3.8, 4) is 5.75 Å². The summed E-state index contributed by atoms with van der Waals surface area (Å²) in [4.78, 5) is 12.8. The Balaban J connectivity index is 2.13. The van der Waals surface area contributed by atoms with Crippen molar-refractivity contribution in [3.05, 3.63) is 29.8 Å². The lowest BCUT2D eigenvalue weighted by molar-refractivity contribution is -0.124. The van der Waals surface area contributed by atoms with E-state index in [0.29, 0.717) is 32.5 Å². The van der Waals surface area contributed by atoms with Crippen LogP contribution in [0, 0.1) is 0 Å². The van der Waals surface area contributed by atoms with E-state index in [1.54, 1.807) is 7.11 Å². The van der Waals surface area contributed by atoms with Gasteiger partial charge in [0, 0.05) is 18.2 Å². The molecule has 2 rings (SSSR count). The molecule has 0 radical (unpaired) electrons. The maximum atomic E-state index is 12.8. The van der Waals surface area contributed by atoms with Crippen LogP contribution in [0.5, 0.6) is 5.75 Å². The molecule has 6 nitrogen and oxygen atoms in total. The SMILES string of the molecule is COc1ccc(C(C)(C)CNC(=O)C2(S(C)(=O)=O)CCNCC2)cc1. The molecule has 1 saturated heterocycles. The van der Waals surface area contributed by atoms with E-state index in [4.69, 9.17) is 4.74 Å². The smallest absolute Gasteiger partial charge is 0.241 e. The lowest BCUT2D eigenvalue weighted by Crippen LogP contribution is -2.58. The summed E-state index contributed by atoms with van der Waals surface area (Å²) in [6.45, 7) is 5.46. The fraction of sp³-hybridized carbons (Fsp3) is 0.611. The highest BCUT2D eigenvalue weighted by atomic mass is 32.2. The minimum atomic E-state index is -3.50. The molecule has 25 heavy (non-hydrogen) atoms. The summed E-state index contributed by atoms with van der Waals surface area (Å²) in [7, 11) is -1.88. The predicted octanol–water partition coefficient (Wildman–Crippen LogP) is 1.26. The fourth-order valence-corrected chi connectivity index (χ4v) is 4.56. The maximum absolute atomic E-state index is 12.8. The van der Waals surface area contributed by atoms with Crippen molar-refractivity contribution in [2.45, 2.75) is 36.9 Å². The zero-order valence-electron chi connectivity index (χ0n) is 15.4. The molecular weight excluding hydrogens is 340 g/mol. The summed E-state index contributed by atoms with van der Waals surface area (Å²) in [6.07, 6.45) is 1.77. The van der Waals surface area contributed by atoms with Crippen LogP contribution in [0.2, 0.25) is 0 Å². The molecule has 0 aliphatic carbocycles. The van der Waals surface area contributed by atoms with Crippen LogP contribution in [-0.2, 0) is 20.0 Å². The molecule has 1 aromatic carbocycles. The lowest BCUT2D eigenvalue weighted by Gasteiger charge is -2.35. The molecule has 2 N–H and O–H groups in total. The number of hydrogen-bond donors (Lipinski definition) is 2. The summed E-state index contributed by atoms with van der Waals surface area (Å²) in [5.41, 5.74) is 0.723. The summed E-state index contributed by atoms with van der Waals surface area (Å²) in [5.74, 6) is 0.382. The van der Waals surface area contributed by atoms with Crippen LogP contribution < -0.4 is 15.4 Å². The predicted molar refractivity (Wildman–Crippen MR) is 98.7 cm³/mol. The van der Waals surface area contributed by atoms with Gasteiger partial charge in [-0.1, -0.05) is 26.0 Å². The number of carbonyl (C=O) groups excluding carboxylic acids is 1. The quantitative estimate of drug-likeness (QED) is 0.790. The lowest BCUT2D eigenvalue weighted by atomic mass is 9.84. The van der Waals surface area contributed by atoms with Gasteiger partial charge in [0.2, 0.25) is 5.91 Å². The van der Waals surface area contributed by atoms with E-state index in [1.807, 2.05) is 38.1 Å². The van der Waals surface area contributed by atoms with Gasteiger partial charge >= 0.3 is 0 Å². The first-order valence-electron chi connectivity index (χ1n) is 8.45. The standard InChI is InChI=1S/C18H28N2O4S/c1-17(2,14-5-7-15(24-3)8-6-14)13-20-16(21)18(25(4,22)23)9-11-19-12-10-18/h5-8,19H,9-13H2,1-4H3,(H,20,21). The highest BCUT2D eigenvalue weighted by Gasteiger charge is 2.48. The Morgan fingerprint density at radius 1 is 1.24 bits per heavy atom. The van der Waals surface area contributed by atoms with E-state index in [2.05, 4.69) is 10.6 Å². The largest absolute Gasteiger partial charge is 0.497 e. The minimum Gasteiger partial charge on any atom is -0.497 e. The third-order valence-corrected chi connectivity index (χ3v) is 7.11. The van der Waals surface area contributed by atoms with Crippen LogP contribution in [-0.4, -0.2) is 52.1 Å². The molecule has 1 heterocycles. The number of sulfone groups is 1. The molecule has 0 bridgehead atoms. The third-order valence-electron chi connectivity index (χ3n) is 5.10. The van der Waals surface area contributed by atoms with Crippen molar-refractivity contribution in [2.75, 3.05) is 33.0 Å². The van der Waals surface area contributed by atoms with E-state index in [9.17, 15) is 13.2 Å². The molecule has 1 fully saturated rings. The fourth-order valence-electron chi connectivity index (χ4n) is 3.20. The van der Waals surface area contributed by atoms with Gasteiger partial charge in [-0.05, 0) is 43.6 Å². The summed E-state index contributed by atoms with van der Waals surface area (Å²) >= 11 is 0. The number of hydrogen-bond acceptors (Lipinski definition) is 5. The van der Waals surface area contributed by atoms with Gasteiger partial charge in [0.1, 0.15) is 5.75 Å². The number of piperidine rings is 1. The average Bonchev–Trinajstić information content (AvgIpc) is 2.59. The molecule has 1 aromatic rings. The van der Waals surface area contributed by atoms with Crippen LogP contribution >= 0.6 is 0 Å². The van der Waals surface area contributed by atoms with Crippen LogP contribution in [0.3, 0.4) is 0 Å². The van der Waals surface area contributed by atoms with E-state index in [-0.39, 0.29) is 5.41 Å². The highest BCUT2D eigenvalue weighted by Crippen LogP contribution is 2.29. The Bertz CT molecular complexity index is 705. The molecule has 1 aliphatic rings. The monoisotopic (exact) mass is 368 g/mol. The van der Waals surface area contributed by atoms with Crippen LogP contribution in [0.25, 0.3) is 0 Å². The van der Waals surface area contributed by atoms with E-state index >= 15 is 0 Å². The van der Waals surface area contributed by atoms with Gasteiger partial charge in [0.15, 0.2) is 14.6 Å². The van der Waals surface area contributed by atoms with Crippen molar-refractivity contribution >= 4 is 15.7 Å². The van der Waals surface area contributed by atoms with Gasteiger partial charge < -0.3 is 15.4 Å². The summed E-state index contributed by atoms with van der Waals surface area (Å²) in [6, 6.07) is 7.68. The van der Waals surface area contributed by atoms with Gasteiger partial charge in [-0.3, -0.25) is 4.79 Å². The van der Waals surface area contributed by atoms with Gasteiger partial charge in [0.25, 0.3) is 0 Å². The Morgan fingerprint density at radius 3 is 2.28 bits per heavy atom. The Hall–Kier alpha value is -1.60. The molecule has 1 amide bonds. The number of carbonyl (C=O) groups is 1. The number of ether oxygens (including phenoxy) is 1. The topological polar surface area (TPSA) is 84.5 Å². The molecular formula is C18H28N2O4S. The Kier molecular flexibility index (Phi) is 5.79. The van der Waals surface area contributed by atoms with Crippen molar-refractivity contribution in [3.63, 3.8) is 0 Å². The van der Waals surface area contributed by atoms with Gasteiger partial charge in [-0.15, -0.1) is 0 Å². The van der Waals surface area contributed by atoms with Crippen LogP contribution in [0.4, 0.5) is 0 Å². The molecule has 0 atom stereocenters. The first-order valence-corrected chi connectivity index (χ1v) is 10.3. The number of benzene rings is 1. The van der Waals surface area contributed by atoms with Crippen LogP contribution in [0.15, 0.2) is 24.3 Å². The second-order valence-corrected chi connectivity index (χ2v) is 9.64. The van der Waals surface area contributed by atoms with Gasteiger partial charge in [0.05, 0.1) is 7.11 Å². The number of amides is 1. The minimum absolute atomic E-state index is 0.306. The first kappa shape index (κ1) is 19.7. The van der Waals surface area contributed by atoms with Gasteiger partial charge in [-0.25, -0.2) is 8.42 Å². The van der Waals surface area contributed by atoms with Crippen molar-refractivity contribution in [2.24, 2.45) is 0 Å². The summed E-state index contributed by atoms with van der Waals surface area (Å²) < 4.78 is 28.5. The first-order chi connectivity index (χ1) is 11.6. The Morgan fingerprint density at radius 2 is 1.80 bits per heavy atom. The third kappa shape index (κ3) is 4.15. The van der Waals surface area contributed by atoms with Crippen LogP contribution in [0.1, 0.15) is 32.3 Å². The highest BCUT2D eigenvalue weighted by molar-refractivity contribution is 7.92. The number of rotatable bonds is 6. The molecule has 0 unspecified atom stereocenters. The second-order valence-electron chi connectivity index (χ2n) is 7.31. The Labute approximate surface area is 150 Å². The average molecular weight is 368 g/mol. The van der Waals surface area contributed by atoms with Crippen molar-refractivity contribution < 1.29 is 17.9 Å². The molecule has 140 valence electrons. The number of nitrogens with one attached hydrogen (secondary N) is 2. The van der Waals surface area contributed by atoms with E-state index in [1.165, 1.54) is 0 Å². The zero-order chi connectivity index (χ0) is 18.7. The summed E-state index contributed by atoms with van der Waals surface area (Å²) in [5, 5.41) is 6.01. The normalized spacial score (nSPS) is 17.8. The molecule has 7 heteroatoms. The van der Waals surface area contributed by atoms with Crippen molar-refractivity contribution in [1.82, 2.24) is 10.6 Å². The van der Waals surface area contributed by atoms with Crippen molar-refractivity contribution in [1.29, 1.82) is 0 Å². The molecule has 0 spiro atoms. The van der Waals surface area contributed by atoms with E-state index in [0.717, 1.165) is 17.6 Å².